The molecule has 3 rings (SSSR count). The Morgan fingerprint density at radius 3 is 2.42 bits per heavy atom. The van der Waals surface area contributed by atoms with Crippen LogP contribution in [0.3, 0.4) is 0 Å². The number of aliphatic imine (C=N–C) groups is 1. The van der Waals surface area contributed by atoms with Crippen molar-refractivity contribution in [3.63, 3.8) is 0 Å². The van der Waals surface area contributed by atoms with E-state index in [9.17, 15) is 4.79 Å². The standard InChI is InChI=1S/C23H36N4O3.HI/c1-3-30-21(28)20-9-7-19(8-10-20)17-25-22(24-2)26-18-23(11-5-4-6-12-23)27-13-15-29-16-14-27;/h7-10H,3-6,11-18H2,1-2H3,(H2,24,25,26);1H. The van der Waals surface area contributed by atoms with E-state index in [-0.39, 0.29) is 35.5 Å². The molecule has 1 saturated heterocycles. The molecule has 1 aromatic rings. The summed E-state index contributed by atoms with van der Waals surface area (Å²) in [6.07, 6.45) is 6.37. The molecule has 0 unspecified atom stereocenters. The predicted molar refractivity (Wildman–Crippen MR) is 134 cm³/mol. The maximum absolute atomic E-state index is 11.8. The molecule has 0 spiro atoms. The minimum atomic E-state index is -0.282. The number of rotatable bonds is 7. The van der Waals surface area contributed by atoms with Crippen molar-refractivity contribution in [1.82, 2.24) is 15.5 Å². The van der Waals surface area contributed by atoms with Crippen molar-refractivity contribution >= 4 is 35.9 Å². The van der Waals surface area contributed by atoms with Crippen LogP contribution in [-0.4, -0.2) is 68.9 Å². The van der Waals surface area contributed by atoms with Crippen LogP contribution in [0.15, 0.2) is 29.3 Å². The van der Waals surface area contributed by atoms with Crippen LogP contribution in [-0.2, 0) is 16.0 Å². The van der Waals surface area contributed by atoms with Crippen molar-refractivity contribution in [2.45, 2.75) is 51.1 Å². The molecule has 7 nitrogen and oxygen atoms in total. The zero-order valence-corrected chi connectivity index (χ0v) is 21.2. The summed E-state index contributed by atoms with van der Waals surface area (Å²) in [7, 11) is 1.81. The summed E-state index contributed by atoms with van der Waals surface area (Å²) in [4.78, 5) is 18.8. The summed E-state index contributed by atoms with van der Waals surface area (Å²) >= 11 is 0. The molecule has 174 valence electrons. The van der Waals surface area contributed by atoms with E-state index in [1.165, 1.54) is 32.1 Å². The van der Waals surface area contributed by atoms with Gasteiger partial charge in [-0.05, 0) is 37.5 Å². The first kappa shape index (κ1) is 25.9. The molecule has 0 amide bonds. The molecule has 1 aliphatic carbocycles. The van der Waals surface area contributed by atoms with Crippen LogP contribution in [0, 0.1) is 0 Å². The second-order valence-corrected chi connectivity index (χ2v) is 8.08. The van der Waals surface area contributed by atoms with E-state index in [4.69, 9.17) is 9.47 Å². The number of morpholine rings is 1. The molecule has 2 N–H and O–H groups in total. The number of esters is 1. The second-order valence-electron chi connectivity index (χ2n) is 8.08. The third kappa shape index (κ3) is 7.32. The molecule has 2 fully saturated rings. The number of ether oxygens (including phenoxy) is 2. The first-order chi connectivity index (χ1) is 14.7. The average molecular weight is 544 g/mol. The Kier molecular flexibility index (Phi) is 11.0. The molecule has 2 aliphatic rings. The summed E-state index contributed by atoms with van der Waals surface area (Å²) in [6, 6.07) is 7.51. The quantitative estimate of drug-likeness (QED) is 0.238. The highest BCUT2D eigenvalue weighted by Crippen LogP contribution is 2.33. The van der Waals surface area contributed by atoms with Crippen molar-refractivity contribution in [1.29, 1.82) is 0 Å². The fourth-order valence-electron chi connectivity index (χ4n) is 4.48. The van der Waals surface area contributed by atoms with E-state index in [1.807, 2.05) is 26.1 Å². The molecule has 1 aliphatic heterocycles. The van der Waals surface area contributed by atoms with Crippen LogP contribution < -0.4 is 10.6 Å². The third-order valence-corrected chi connectivity index (χ3v) is 6.20. The lowest BCUT2D eigenvalue weighted by Crippen LogP contribution is -2.60. The Bertz CT molecular complexity index is 699. The van der Waals surface area contributed by atoms with Crippen LogP contribution in [0.2, 0.25) is 0 Å². The minimum absolute atomic E-state index is 0. The Hall–Kier alpha value is -1.39. The highest BCUT2D eigenvalue weighted by atomic mass is 127. The normalized spacial score (nSPS) is 19.2. The molecule has 0 radical (unpaired) electrons. The van der Waals surface area contributed by atoms with Gasteiger partial charge in [-0.15, -0.1) is 24.0 Å². The van der Waals surface area contributed by atoms with Crippen LogP contribution in [0.25, 0.3) is 0 Å². The zero-order chi connectivity index (χ0) is 21.2. The number of carbonyl (C=O) groups excluding carboxylic acids is 1. The number of hydrogen-bond acceptors (Lipinski definition) is 5. The zero-order valence-electron chi connectivity index (χ0n) is 18.8. The second kappa shape index (κ2) is 13.2. The Morgan fingerprint density at radius 1 is 1.13 bits per heavy atom. The number of benzene rings is 1. The maximum atomic E-state index is 11.8. The van der Waals surface area contributed by atoms with Gasteiger partial charge in [0.15, 0.2) is 5.96 Å². The Labute approximate surface area is 203 Å². The van der Waals surface area contributed by atoms with Crippen LogP contribution >= 0.6 is 24.0 Å². The maximum Gasteiger partial charge on any atom is 0.338 e. The van der Waals surface area contributed by atoms with Gasteiger partial charge < -0.3 is 20.1 Å². The number of nitrogens with one attached hydrogen (secondary N) is 2. The first-order valence-corrected chi connectivity index (χ1v) is 11.2. The van der Waals surface area contributed by atoms with Crippen LogP contribution in [0.4, 0.5) is 0 Å². The molecule has 0 bridgehead atoms. The molecule has 1 aromatic carbocycles. The van der Waals surface area contributed by atoms with Gasteiger partial charge in [0.05, 0.1) is 25.4 Å². The Balaban J connectivity index is 0.00000341. The molecular weight excluding hydrogens is 507 g/mol. The fourth-order valence-corrected chi connectivity index (χ4v) is 4.48. The minimum Gasteiger partial charge on any atom is -0.462 e. The number of hydrogen-bond donors (Lipinski definition) is 2. The van der Waals surface area contributed by atoms with Crippen LogP contribution in [0.1, 0.15) is 54.9 Å². The smallest absolute Gasteiger partial charge is 0.338 e. The highest BCUT2D eigenvalue weighted by Gasteiger charge is 2.38. The molecule has 1 saturated carbocycles. The summed E-state index contributed by atoms with van der Waals surface area (Å²) < 4.78 is 10.6. The molecule has 0 atom stereocenters. The number of halogens is 1. The molecule has 1 heterocycles. The van der Waals surface area contributed by atoms with E-state index >= 15 is 0 Å². The van der Waals surface area contributed by atoms with Crippen LogP contribution in [0.5, 0.6) is 0 Å². The lowest BCUT2D eigenvalue weighted by molar-refractivity contribution is -0.0352. The molecule has 31 heavy (non-hydrogen) atoms. The van der Waals surface area contributed by atoms with Crippen molar-refractivity contribution in [2.75, 3.05) is 46.5 Å². The summed E-state index contributed by atoms with van der Waals surface area (Å²) in [6.45, 7) is 7.43. The SMILES string of the molecule is CCOC(=O)c1ccc(CNC(=NC)NCC2(N3CCOCC3)CCCCC2)cc1.I. The van der Waals surface area contributed by atoms with E-state index in [2.05, 4.69) is 20.5 Å². The van der Waals surface area contributed by atoms with Gasteiger partial charge in [0, 0.05) is 38.8 Å². The van der Waals surface area contributed by atoms with Gasteiger partial charge in [0.1, 0.15) is 0 Å². The van der Waals surface area contributed by atoms with Crippen molar-refractivity contribution in [3.8, 4) is 0 Å². The summed E-state index contributed by atoms with van der Waals surface area (Å²) in [5.41, 5.74) is 1.86. The monoisotopic (exact) mass is 544 g/mol. The van der Waals surface area contributed by atoms with Crippen molar-refractivity contribution in [2.24, 2.45) is 4.99 Å². The van der Waals surface area contributed by atoms with Crippen molar-refractivity contribution in [3.05, 3.63) is 35.4 Å². The molecule has 8 heteroatoms. The first-order valence-electron chi connectivity index (χ1n) is 11.2. The topological polar surface area (TPSA) is 75.2 Å². The van der Waals surface area contributed by atoms with Gasteiger partial charge in [-0.2, -0.15) is 0 Å². The number of guanidine groups is 1. The van der Waals surface area contributed by atoms with Gasteiger partial charge in [-0.25, -0.2) is 4.79 Å². The van der Waals surface area contributed by atoms with E-state index in [0.29, 0.717) is 18.7 Å². The molecule has 0 aromatic heterocycles. The van der Waals surface area contributed by atoms with Gasteiger partial charge in [0.25, 0.3) is 0 Å². The van der Waals surface area contributed by atoms with Gasteiger partial charge in [0.2, 0.25) is 0 Å². The van der Waals surface area contributed by atoms with E-state index in [1.54, 1.807) is 12.1 Å². The summed E-state index contributed by atoms with van der Waals surface area (Å²) in [5, 5.41) is 6.97. The number of carbonyl (C=O) groups is 1. The lowest BCUT2D eigenvalue weighted by Gasteiger charge is -2.48. The summed E-state index contributed by atoms with van der Waals surface area (Å²) in [5.74, 6) is 0.526. The fraction of sp³-hybridized carbons (Fsp3) is 0.652. The number of nitrogens with zero attached hydrogens (tertiary/aromatic N) is 2. The Morgan fingerprint density at radius 2 is 1.81 bits per heavy atom. The lowest BCUT2D eigenvalue weighted by atomic mass is 9.80. The highest BCUT2D eigenvalue weighted by molar-refractivity contribution is 14.0. The van der Waals surface area contributed by atoms with E-state index < -0.39 is 0 Å². The third-order valence-electron chi connectivity index (χ3n) is 6.20. The van der Waals surface area contributed by atoms with Gasteiger partial charge in [-0.3, -0.25) is 9.89 Å². The van der Waals surface area contributed by atoms with Gasteiger partial charge in [-0.1, -0.05) is 31.4 Å². The van der Waals surface area contributed by atoms with Crippen molar-refractivity contribution < 1.29 is 14.3 Å². The predicted octanol–water partition coefficient (Wildman–Crippen LogP) is 3.18. The van der Waals surface area contributed by atoms with E-state index in [0.717, 1.165) is 44.4 Å². The average Bonchev–Trinajstić information content (AvgIpc) is 2.81. The molecular formula is C23H37IN4O3. The largest absolute Gasteiger partial charge is 0.462 e. The van der Waals surface area contributed by atoms with Gasteiger partial charge >= 0.3 is 5.97 Å².